The lowest BCUT2D eigenvalue weighted by molar-refractivity contribution is -0.384. The Labute approximate surface area is 174 Å². The molecule has 0 N–H and O–H groups in total. The van der Waals surface area contributed by atoms with Crippen LogP contribution in [-0.4, -0.2) is 53.3 Å². The molecule has 2 aromatic rings. The average Bonchev–Trinajstić information content (AvgIpc) is 3.01. The SMILES string of the molecule is CCN(Cc1ccccc1)C1=C(c2ccc([N+](=O)[O-])cc2)C(=O)N(CCOC)C1=O. The van der Waals surface area contributed by atoms with E-state index in [0.717, 1.165) is 5.56 Å². The number of nitrogens with zero attached hydrogens (tertiary/aromatic N) is 3. The van der Waals surface area contributed by atoms with Crippen LogP contribution in [0.2, 0.25) is 0 Å². The van der Waals surface area contributed by atoms with Gasteiger partial charge in [-0.2, -0.15) is 0 Å². The second-order valence-electron chi connectivity index (χ2n) is 6.78. The van der Waals surface area contributed by atoms with E-state index >= 15 is 0 Å². The minimum atomic E-state index is -0.501. The Hall–Kier alpha value is -3.52. The third-order valence-corrected chi connectivity index (χ3v) is 4.94. The molecule has 0 unspecified atom stereocenters. The first-order chi connectivity index (χ1) is 14.5. The van der Waals surface area contributed by atoms with Crippen molar-refractivity contribution in [2.24, 2.45) is 0 Å². The van der Waals surface area contributed by atoms with Gasteiger partial charge in [0.2, 0.25) is 0 Å². The van der Waals surface area contributed by atoms with Crippen LogP contribution in [0.5, 0.6) is 0 Å². The summed E-state index contributed by atoms with van der Waals surface area (Å²) in [5.74, 6) is -0.810. The number of imide groups is 1. The van der Waals surface area contributed by atoms with Crippen LogP contribution in [0.15, 0.2) is 60.3 Å². The monoisotopic (exact) mass is 409 g/mol. The Kier molecular flexibility index (Phi) is 6.58. The molecule has 30 heavy (non-hydrogen) atoms. The van der Waals surface area contributed by atoms with E-state index in [1.54, 1.807) is 0 Å². The molecule has 0 bridgehead atoms. The number of ether oxygens (including phenoxy) is 1. The van der Waals surface area contributed by atoms with E-state index in [4.69, 9.17) is 4.74 Å². The number of non-ortho nitro benzene ring substituents is 1. The molecule has 1 heterocycles. The molecular weight excluding hydrogens is 386 g/mol. The molecule has 0 spiro atoms. The molecule has 2 amide bonds. The van der Waals surface area contributed by atoms with Gasteiger partial charge in [0.15, 0.2) is 0 Å². The van der Waals surface area contributed by atoms with Crippen molar-refractivity contribution in [3.05, 3.63) is 81.5 Å². The summed E-state index contributed by atoms with van der Waals surface area (Å²) in [6, 6.07) is 15.4. The quantitative estimate of drug-likeness (QED) is 0.359. The van der Waals surface area contributed by atoms with Gasteiger partial charge in [-0.25, -0.2) is 0 Å². The van der Waals surface area contributed by atoms with Gasteiger partial charge in [0, 0.05) is 32.3 Å². The predicted molar refractivity (Wildman–Crippen MR) is 111 cm³/mol. The third kappa shape index (κ3) is 4.23. The number of rotatable bonds is 9. The molecular formula is C22H23N3O5. The van der Waals surface area contributed by atoms with Gasteiger partial charge < -0.3 is 9.64 Å². The molecule has 1 aliphatic rings. The van der Waals surface area contributed by atoms with E-state index in [2.05, 4.69) is 0 Å². The van der Waals surface area contributed by atoms with Crippen LogP contribution in [0.4, 0.5) is 5.69 Å². The molecule has 0 aliphatic carbocycles. The molecule has 8 nitrogen and oxygen atoms in total. The fourth-order valence-corrected chi connectivity index (χ4v) is 3.41. The van der Waals surface area contributed by atoms with E-state index < -0.39 is 10.8 Å². The Bertz CT molecular complexity index is 970. The van der Waals surface area contributed by atoms with Crippen molar-refractivity contribution in [1.82, 2.24) is 9.80 Å². The normalized spacial score (nSPS) is 13.9. The average molecular weight is 409 g/mol. The van der Waals surface area contributed by atoms with Crippen LogP contribution in [0, 0.1) is 10.1 Å². The Morgan fingerprint density at radius 2 is 1.70 bits per heavy atom. The second-order valence-corrected chi connectivity index (χ2v) is 6.78. The maximum Gasteiger partial charge on any atom is 0.277 e. The topological polar surface area (TPSA) is 93.0 Å². The highest BCUT2D eigenvalue weighted by molar-refractivity contribution is 6.35. The van der Waals surface area contributed by atoms with Gasteiger partial charge in [0.05, 0.1) is 23.6 Å². The first-order valence-electron chi connectivity index (χ1n) is 9.61. The summed E-state index contributed by atoms with van der Waals surface area (Å²) in [5, 5.41) is 11.0. The highest BCUT2D eigenvalue weighted by atomic mass is 16.6. The molecule has 3 rings (SSSR count). The van der Waals surface area contributed by atoms with Crippen LogP contribution in [0.25, 0.3) is 5.57 Å². The summed E-state index contributed by atoms with van der Waals surface area (Å²) in [5.41, 5.74) is 1.96. The number of carbonyl (C=O) groups is 2. The zero-order valence-electron chi connectivity index (χ0n) is 16.9. The smallest absolute Gasteiger partial charge is 0.277 e. The van der Waals surface area contributed by atoms with Crippen molar-refractivity contribution >= 4 is 23.1 Å². The number of likely N-dealkylation sites (N-methyl/N-ethyl adjacent to an activating group) is 1. The van der Waals surface area contributed by atoms with E-state index in [1.165, 1.54) is 36.3 Å². The van der Waals surface area contributed by atoms with Crippen LogP contribution >= 0.6 is 0 Å². The Morgan fingerprint density at radius 1 is 1.03 bits per heavy atom. The van der Waals surface area contributed by atoms with E-state index in [0.29, 0.717) is 24.4 Å². The summed E-state index contributed by atoms with van der Waals surface area (Å²) in [6.07, 6.45) is 0. The Balaban J connectivity index is 2.06. The van der Waals surface area contributed by atoms with Gasteiger partial charge in [-0.15, -0.1) is 0 Å². The first-order valence-corrected chi connectivity index (χ1v) is 9.61. The van der Waals surface area contributed by atoms with E-state index in [1.807, 2.05) is 42.2 Å². The zero-order valence-corrected chi connectivity index (χ0v) is 16.9. The molecule has 1 aliphatic heterocycles. The van der Waals surface area contributed by atoms with Crippen molar-refractivity contribution in [2.75, 3.05) is 26.8 Å². The number of hydrogen-bond donors (Lipinski definition) is 0. The maximum absolute atomic E-state index is 13.2. The van der Waals surface area contributed by atoms with Gasteiger partial charge in [0.25, 0.3) is 17.5 Å². The van der Waals surface area contributed by atoms with Crippen molar-refractivity contribution in [2.45, 2.75) is 13.5 Å². The fraction of sp³-hybridized carbons (Fsp3) is 0.273. The van der Waals surface area contributed by atoms with Gasteiger partial charge in [0.1, 0.15) is 5.70 Å². The lowest BCUT2D eigenvalue weighted by Gasteiger charge is -2.25. The molecule has 0 saturated heterocycles. The van der Waals surface area contributed by atoms with Crippen LogP contribution in [0.3, 0.4) is 0 Å². The number of nitro benzene ring substituents is 1. The van der Waals surface area contributed by atoms with Gasteiger partial charge in [-0.3, -0.25) is 24.6 Å². The summed E-state index contributed by atoms with van der Waals surface area (Å²) in [7, 11) is 1.50. The van der Waals surface area contributed by atoms with Crippen molar-refractivity contribution in [1.29, 1.82) is 0 Å². The summed E-state index contributed by atoms with van der Waals surface area (Å²) >= 11 is 0. The van der Waals surface area contributed by atoms with Gasteiger partial charge >= 0.3 is 0 Å². The molecule has 0 atom stereocenters. The Morgan fingerprint density at radius 3 is 2.27 bits per heavy atom. The highest BCUT2D eigenvalue weighted by Gasteiger charge is 2.41. The first kappa shape index (κ1) is 21.2. The second kappa shape index (κ2) is 9.32. The number of carbonyl (C=O) groups excluding carboxylic acids is 2. The lowest BCUT2D eigenvalue weighted by atomic mass is 10.0. The number of amides is 2. The molecule has 0 saturated carbocycles. The highest BCUT2D eigenvalue weighted by Crippen LogP contribution is 2.33. The lowest BCUT2D eigenvalue weighted by Crippen LogP contribution is -2.37. The largest absolute Gasteiger partial charge is 0.383 e. The minimum absolute atomic E-state index is 0.0782. The molecule has 0 fully saturated rings. The van der Waals surface area contributed by atoms with Gasteiger partial charge in [-0.05, 0) is 30.2 Å². The standard InChI is InChI=1S/C22H23N3O5/c1-3-23(15-16-7-5-4-6-8-16)20-19(17-9-11-18(12-10-17)25(28)29)21(26)24(22(20)27)13-14-30-2/h4-12H,3,13-15H2,1-2H3. The van der Waals surface area contributed by atoms with E-state index in [-0.39, 0.29) is 30.3 Å². The predicted octanol–water partition coefficient (Wildman–Crippen LogP) is 2.84. The number of nitro groups is 1. The molecule has 0 radical (unpaired) electrons. The number of methoxy groups -OCH3 is 1. The van der Waals surface area contributed by atoms with Gasteiger partial charge in [-0.1, -0.05) is 30.3 Å². The summed E-state index contributed by atoms with van der Waals surface area (Å²) in [6.45, 7) is 3.25. The van der Waals surface area contributed by atoms with Crippen molar-refractivity contribution < 1.29 is 19.2 Å². The molecule has 2 aromatic carbocycles. The molecule has 0 aromatic heterocycles. The third-order valence-electron chi connectivity index (χ3n) is 4.94. The number of hydrogen-bond acceptors (Lipinski definition) is 6. The fourth-order valence-electron chi connectivity index (χ4n) is 3.41. The number of benzene rings is 2. The van der Waals surface area contributed by atoms with Crippen molar-refractivity contribution in [3.63, 3.8) is 0 Å². The molecule has 156 valence electrons. The van der Waals surface area contributed by atoms with Crippen LogP contribution in [-0.2, 0) is 20.9 Å². The maximum atomic E-state index is 13.2. The van der Waals surface area contributed by atoms with Crippen LogP contribution in [0.1, 0.15) is 18.1 Å². The zero-order chi connectivity index (χ0) is 21.7. The minimum Gasteiger partial charge on any atom is -0.383 e. The summed E-state index contributed by atoms with van der Waals surface area (Å²) in [4.78, 5) is 39.9. The summed E-state index contributed by atoms with van der Waals surface area (Å²) < 4.78 is 5.05. The van der Waals surface area contributed by atoms with Crippen molar-refractivity contribution in [3.8, 4) is 0 Å². The van der Waals surface area contributed by atoms with Crippen LogP contribution < -0.4 is 0 Å². The molecule has 8 heteroatoms. The van der Waals surface area contributed by atoms with E-state index in [9.17, 15) is 19.7 Å².